The van der Waals surface area contributed by atoms with Crippen LogP contribution < -0.4 is 0 Å². The number of nitrogens with zero attached hydrogens (tertiary/aromatic N) is 1. The van der Waals surface area contributed by atoms with Gasteiger partial charge in [-0.05, 0) is 56.3 Å². The van der Waals surface area contributed by atoms with Gasteiger partial charge in [-0.25, -0.2) is 0 Å². The van der Waals surface area contributed by atoms with Gasteiger partial charge >= 0.3 is 0 Å². The Hall–Kier alpha value is -0.960. The van der Waals surface area contributed by atoms with Crippen LogP contribution in [0.4, 0.5) is 0 Å². The smallest absolute Gasteiger partial charge is 0.222 e. The molecule has 150 valence electrons. The molecule has 1 spiro atoms. The van der Waals surface area contributed by atoms with Crippen LogP contribution in [0.15, 0.2) is 24.3 Å². The molecule has 1 atom stereocenters. The third kappa shape index (κ3) is 6.01. The maximum absolute atomic E-state index is 12.8. The fourth-order valence-electron chi connectivity index (χ4n) is 4.83. The predicted octanol–water partition coefficient (Wildman–Crippen LogP) is 6.01. The molecular weight excluding hydrogens is 350 g/mol. The van der Waals surface area contributed by atoms with E-state index in [1.807, 2.05) is 0 Å². The van der Waals surface area contributed by atoms with E-state index >= 15 is 0 Å². The Balaban J connectivity index is 1.49. The van der Waals surface area contributed by atoms with E-state index in [4.69, 9.17) is 0 Å². The summed E-state index contributed by atoms with van der Waals surface area (Å²) in [4.78, 5) is 14.9. The fraction of sp³-hybridized carbons (Fsp3) is 0.708. The molecule has 3 rings (SSSR count). The number of aryl methyl sites for hydroxylation is 2. The van der Waals surface area contributed by atoms with Crippen molar-refractivity contribution in [3.8, 4) is 0 Å². The molecule has 2 fully saturated rings. The van der Waals surface area contributed by atoms with E-state index in [0.717, 1.165) is 19.5 Å². The molecule has 0 N–H and O–H groups in total. The van der Waals surface area contributed by atoms with Crippen molar-refractivity contribution in [1.29, 1.82) is 0 Å². The third-order valence-electron chi connectivity index (χ3n) is 6.61. The molecule has 27 heavy (non-hydrogen) atoms. The number of hydrogen-bond donors (Lipinski definition) is 0. The standard InChI is InChI=1S/C24H37NOS/c1-3-25(23(26)14-13-21-11-9-20(2)10-12-21)18-22-17-24(19-27-22)15-7-5-4-6-8-16-24/h9-12,22H,3-8,13-19H2,1-2H3. The van der Waals surface area contributed by atoms with Crippen LogP contribution in [0.2, 0.25) is 0 Å². The van der Waals surface area contributed by atoms with Crippen molar-refractivity contribution in [2.75, 3.05) is 18.8 Å². The number of carbonyl (C=O) groups is 1. The minimum atomic E-state index is 0.331. The van der Waals surface area contributed by atoms with E-state index in [0.29, 0.717) is 23.0 Å². The summed E-state index contributed by atoms with van der Waals surface area (Å²) < 4.78 is 0. The predicted molar refractivity (Wildman–Crippen MR) is 117 cm³/mol. The maximum Gasteiger partial charge on any atom is 0.222 e. The Bertz CT molecular complexity index is 589. The lowest BCUT2D eigenvalue weighted by atomic mass is 9.75. The van der Waals surface area contributed by atoms with E-state index in [9.17, 15) is 4.79 Å². The van der Waals surface area contributed by atoms with Crippen LogP contribution >= 0.6 is 11.8 Å². The Kier molecular flexibility index (Phi) is 7.69. The van der Waals surface area contributed by atoms with Gasteiger partial charge in [0.05, 0.1) is 0 Å². The normalized spacial score (nSPS) is 22.4. The number of benzene rings is 1. The lowest BCUT2D eigenvalue weighted by molar-refractivity contribution is -0.131. The van der Waals surface area contributed by atoms with Crippen molar-refractivity contribution in [3.63, 3.8) is 0 Å². The Morgan fingerprint density at radius 1 is 1.11 bits per heavy atom. The molecular formula is C24H37NOS. The van der Waals surface area contributed by atoms with Gasteiger partial charge in [0.1, 0.15) is 0 Å². The molecule has 1 aromatic carbocycles. The number of carbonyl (C=O) groups excluding carboxylic acids is 1. The molecule has 3 heteroatoms. The third-order valence-corrected chi connectivity index (χ3v) is 8.17. The number of rotatable bonds is 6. The quantitative estimate of drug-likeness (QED) is 0.595. The highest BCUT2D eigenvalue weighted by Gasteiger charge is 2.39. The van der Waals surface area contributed by atoms with Crippen molar-refractivity contribution < 1.29 is 4.79 Å². The minimum absolute atomic E-state index is 0.331. The maximum atomic E-state index is 12.8. The molecule has 0 aromatic heterocycles. The summed E-state index contributed by atoms with van der Waals surface area (Å²) in [7, 11) is 0. The van der Waals surface area contributed by atoms with E-state index in [2.05, 4.69) is 54.8 Å². The molecule has 1 amide bonds. The monoisotopic (exact) mass is 387 g/mol. The Labute approximate surface area is 170 Å². The molecule has 1 unspecified atom stereocenters. The van der Waals surface area contributed by atoms with Gasteiger partial charge in [0.2, 0.25) is 5.91 Å². The van der Waals surface area contributed by atoms with Crippen LogP contribution in [0.3, 0.4) is 0 Å². The summed E-state index contributed by atoms with van der Waals surface area (Å²) >= 11 is 2.15. The van der Waals surface area contributed by atoms with E-state index in [1.54, 1.807) is 0 Å². The lowest BCUT2D eigenvalue weighted by Gasteiger charge is -2.31. The highest BCUT2D eigenvalue weighted by Crippen LogP contribution is 2.49. The zero-order valence-electron chi connectivity index (χ0n) is 17.3. The first-order valence-corrected chi connectivity index (χ1v) is 12.1. The molecule has 1 aliphatic heterocycles. The molecule has 0 bridgehead atoms. The zero-order valence-corrected chi connectivity index (χ0v) is 18.2. The highest BCUT2D eigenvalue weighted by atomic mass is 32.2. The largest absolute Gasteiger partial charge is 0.342 e. The van der Waals surface area contributed by atoms with Gasteiger partial charge in [0.15, 0.2) is 0 Å². The first-order chi connectivity index (χ1) is 13.1. The van der Waals surface area contributed by atoms with Crippen molar-refractivity contribution in [2.24, 2.45) is 5.41 Å². The van der Waals surface area contributed by atoms with E-state index in [1.165, 1.54) is 68.2 Å². The minimum Gasteiger partial charge on any atom is -0.342 e. The average Bonchev–Trinajstić information content (AvgIpc) is 3.06. The molecule has 1 heterocycles. The van der Waals surface area contributed by atoms with E-state index in [-0.39, 0.29) is 0 Å². The van der Waals surface area contributed by atoms with Crippen LogP contribution in [0.5, 0.6) is 0 Å². The van der Waals surface area contributed by atoms with Crippen molar-refractivity contribution in [2.45, 2.75) is 83.3 Å². The van der Waals surface area contributed by atoms with Gasteiger partial charge in [-0.2, -0.15) is 11.8 Å². The van der Waals surface area contributed by atoms with Gasteiger partial charge in [-0.15, -0.1) is 0 Å². The van der Waals surface area contributed by atoms with Crippen LogP contribution in [-0.2, 0) is 11.2 Å². The summed E-state index contributed by atoms with van der Waals surface area (Å²) in [6, 6.07) is 8.59. The van der Waals surface area contributed by atoms with Gasteiger partial charge < -0.3 is 4.90 Å². The fourth-order valence-corrected chi connectivity index (χ4v) is 6.59. The number of hydrogen-bond acceptors (Lipinski definition) is 2. The zero-order chi connectivity index (χ0) is 19.1. The van der Waals surface area contributed by atoms with Gasteiger partial charge in [-0.3, -0.25) is 4.79 Å². The van der Waals surface area contributed by atoms with Crippen LogP contribution in [0.25, 0.3) is 0 Å². The summed E-state index contributed by atoms with van der Waals surface area (Å²) in [5, 5.41) is 0.646. The Morgan fingerprint density at radius 3 is 2.44 bits per heavy atom. The van der Waals surface area contributed by atoms with Crippen molar-refractivity contribution in [1.82, 2.24) is 4.90 Å². The number of thioether (sulfide) groups is 1. The molecule has 2 nitrogen and oxygen atoms in total. The topological polar surface area (TPSA) is 20.3 Å². The second kappa shape index (κ2) is 10.0. The first kappa shape index (κ1) is 20.8. The second-order valence-electron chi connectivity index (χ2n) is 8.82. The molecule has 1 saturated carbocycles. The molecule has 1 aromatic rings. The van der Waals surface area contributed by atoms with Gasteiger partial charge in [0.25, 0.3) is 0 Å². The highest BCUT2D eigenvalue weighted by molar-refractivity contribution is 8.00. The summed E-state index contributed by atoms with van der Waals surface area (Å²) in [6.45, 7) is 6.04. The average molecular weight is 388 g/mol. The van der Waals surface area contributed by atoms with Crippen LogP contribution in [0.1, 0.15) is 75.8 Å². The van der Waals surface area contributed by atoms with Gasteiger partial charge in [0, 0.05) is 24.8 Å². The Morgan fingerprint density at radius 2 is 1.78 bits per heavy atom. The second-order valence-corrected chi connectivity index (χ2v) is 10.1. The van der Waals surface area contributed by atoms with E-state index < -0.39 is 0 Å². The summed E-state index contributed by atoms with van der Waals surface area (Å²) in [6.07, 6.45) is 12.8. The summed E-state index contributed by atoms with van der Waals surface area (Å²) in [5.74, 6) is 1.66. The van der Waals surface area contributed by atoms with Gasteiger partial charge in [-0.1, -0.05) is 61.9 Å². The van der Waals surface area contributed by atoms with Crippen LogP contribution in [0, 0.1) is 12.3 Å². The van der Waals surface area contributed by atoms with Crippen molar-refractivity contribution >= 4 is 17.7 Å². The summed E-state index contributed by atoms with van der Waals surface area (Å²) in [5.41, 5.74) is 3.13. The first-order valence-electron chi connectivity index (χ1n) is 11.1. The van der Waals surface area contributed by atoms with Crippen molar-refractivity contribution in [3.05, 3.63) is 35.4 Å². The molecule has 1 saturated heterocycles. The molecule has 1 aliphatic carbocycles. The lowest BCUT2D eigenvalue weighted by Crippen LogP contribution is -2.36. The SMILES string of the molecule is CCN(CC1CC2(CCCCCCC2)CS1)C(=O)CCc1ccc(C)cc1. The molecule has 2 aliphatic rings. The molecule has 0 radical (unpaired) electrons. The van der Waals surface area contributed by atoms with Crippen LogP contribution in [-0.4, -0.2) is 34.9 Å². The number of amides is 1.